The van der Waals surface area contributed by atoms with Gasteiger partial charge in [0.05, 0.1) is 12.5 Å². The number of alkyl halides is 2. The van der Waals surface area contributed by atoms with Crippen molar-refractivity contribution < 1.29 is 23.0 Å². The smallest absolute Gasteiger partial charge is 0.387 e. The lowest BCUT2D eigenvalue weighted by molar-refractivity contribution is -0.128. The van der Waals surface area contributed by atoms with E-state index in [1.54, 1.807) is 19.2 Å². The number of nitrogens with one attached hydrogen (secondary N) is 3. The van der Waals surface area contributed by atoms with Gasteiger partial charge in [-0.3, -0.25) is 9.79 Å². The van der Waals surface area contributed by atoms with Crippen molar-refractivity contribution in [1.29, 1.82) is 0 Å². The predicted octanol–water partition coefficient (Wildman–Crippen LogP) is 2.12. The van der Waals surface area contributed by atoms with E-state index >= 15 is 0 Å². The van der Waals surface area contributed by atoms with Crippen molar-refractivity contribution in [3.05, 3.63) is 23.8 Å². The molecule has 0 fully saturated rings. The van der Waals surface area contributed by atoms with E-state index in [9.17, 15) is 13.6 Å². The van der Waals surface area contributed by atoms with E-state index in [-0.39, 0.29) is 18.2 Å². The fourth-order valence-corrected chi connectivity index (χ4v) is 2.22. The molecule has 1 rings (SSSR count). The van der Waals surface area contributed by atoms with Gasteiger partial charge in [0.2, 0.25) is 5.91 Å². The number of methoxy groups -OCH3 is 1. The van der Waals surface area contributed by atoms with Gasteiger partial charge in [-0.1, -0.05) is 0 Å². The maximum absolute atomic E-state index is 12.6. The zero-order valence-electron chi connectivity index (χ0n) is 16.4. The summed E-state index contributed by atoms with van der Waals surface area (Å²) in [5.41, 5.74) is -0.159. The van der Waals surface area contributed by atoms with Gasteiger partial charge >= 0.3 is 6.61 Å². The molecule has 0 aliphatic carbocycles. The average Bonchev–Trinajstić information content (AvgIpc) is 2.62. The third-order valence-corrected chi connectivity index (χ3v) is 3.80. The molecule has 152 valence electrons. The molecule has 0 bridgehead atoms. The number of carbonyl (C=O) groups is 1. The van der Waals surface area contributed by atoms with Gasteiger partial charge in [-0.25, -0.2) is 0 Å². The van der Waals surface area contributed by atoms with Crippen LogP contribution >= 0.6 is 0 Å². The number of halogens is 2. The van der Waals surface area contributed by atoms with Crippen LogP contribution in [0.1, 0.15) is 26.3 Å². The molecule has 0 aliphatic rings. The summed E-state index contributed by atoms with van der Waals surface area (Å²) in [6.07, 6.45) is 0. The highest BCUT2D eigenvalue weighted by atomic mass is 19.3. The summed E-state index contributed by atoms with van der Waals surface area (Å²) in [5, 5.41) is 8.87. The molecule has 0 aliphatic heterocycles. The zero-order chi connectivity index (χ0) is 20.4. The van der Waals surface area contributed by atoms with E-state index in [0.29, 0.717) is 30.4 Å². The summed E-state index contributed by atoms with van der Waals surface area (Å²) >= 11 is 0. The van der Waals surface area contributed by atoms with Gasteiger partial charge in [-0.15, -0.1) is 0 Å². The maximum Gasteiger partial charge on any atom is 0.387 e. The fraction of sp³-hybridized carbons (Fsp3) is 0.556. The number of rotatable bonds is 9. The Hall–Kier alpha value is -2.58. The number of guanidine groups is 1. The molecule has 0 unspecified atom stereocenters. The van der Waals surface area contributed by atoms with Crippen LogP contribution in [0.25, 0.3) is 0 Å². The van der Waals surface area contributed by atoms with Crippen molar-refractivity contribution >= 4 is 11.9 Å². The Labute approximate surface area is 158 Å². The summed E-state index contributed by atoms with van der Waals surface area (Å²) in [7, 11) is 3.07. The van der Waals surface area contributed by atoms with Gasteiger partial charge < -0.3 is 25.4 Å². The van der Waals surface area contributed by atoms with Crippen molar-refractivity contribution in [1.82, 2.24) is 16.0 Å². The highest BCUT2D eigenvalue weighted by Crippen LogP contribution is 2.25. The number of ether oxygens (including phenoxy) is 2. The van der Waals surface area contributed by atoms with Gasteiger partial charge in [0.15, 0.2) is 5.96 Å². The lowest BCUT2D eigenvalue weighted by atomic mass is 9.92. The lowest BCUT2D eigenvalue weighted by Gasteiger charge is -2.25. The van der Waals surface area contributed by atoms with Crippen LogP contribution in [0, 0.1) is 5.41 Å². The van der Waals surface area contributed by atoms with Crippen molar-refractivity contribution in [2.24, 2.45) is 10.4 Å². The number of amides is 1. The molecule has 0 aromatic heterocycles. The predicted molar refractivity (Wildman–Crippen MR) is 100 cm³/mol. The van der Waals surface area contributed by atoms with Crippen LogP contribution in [0.2, 0.25) is 0 Å². The molecule has 3 N–H and O–H groups in total. The third-order valence-electron chi connectivity index (χ3n) is 3.80. The van der Waals surface area contributed by atoms with E-state index in [2.05, 4.69) is 25.7 Å². The topological polar surface area (TPSA) is 84.0 Å². The van der Waals surface area contributed by atoms with Crippen LogP contribution in [-0.2, 0) is 11.3 Å². The Morgan fingerprint density at radius 3 is 2.52 bits per heavy atom. The Bertz CT molecular complexity index is 651. The molecule has 1 aromatic carbocycles. The molecule has 7 nitrogen and oxygen atoms in total. The molecule has 0 saturated heterocycles. The summed E-state index contributed by atoms with van der Waals surface area (Å²) < 4.78 is 34.9. The molecule has 27 heavy (non-hydrogen) atoms. The first-order valence-electron chi connectivity index (χ1n) is 8.58. The Morgan fingerprint density at radius 1 is 1.26 bits per heavy atom. The summed E-state index contributed by atoms with van der Waals surface area (Å²) in [5.74, 6) is 0.927. The largest absolute Gasteiger partial charge is 0.497 e. The summed E-state index contributed by atoms with van der Waals surface area (Å²) in [6.45, 7) is 3.64. The van der Waals surface area contributed by atoms with E-state index in [1.807, 2.05) is 20.8 Å². The molecule has 0 heterocycles. The van der Waals surface area contributed by atoms with E-state index in [1.165, 1.54) is 13.2 Å². The highest BCUT2D eigenvalue weighted by molar-refractivity contribution is 5.84. The van der Waals surface area contributed by atoms with Crippen LogP contribution in [0.4, 0.5) is 8.78 Å². The molecule has 0 spiro atoms. The monoisotopic (exact) mass is 386 g/mol. The SMILES string of the molecule is CCNC(=O)C(C)(C)CNC(=NC)NCc1cc(OC)ccc1OC(F)F. The first-order chi connectivity index (χ1) is 12.7. The minimum absolute atomic E-state index is 0.0522. The molecule has 9 heteroatoms. The zero-order valence-corrected chi connectivity index (χ0v) is 16.4. The van der Waals surface area contributed by atoms with Crippen molar-refractivity contribution in [2.75, 3.05) is 27.2 Å². The molecular weight excluding hydrogens is 358 g/mol. The summed E-state index contributed by atoms with van der Waals surface area (Å²) in [4.78, 5) is 16.1. The van der Waals surface area contributed by atoms with Gasteiger partial charge in [0.25, 0.3) is 0 Å². The number of hydrogen-bond acceptors (Lipinski definition) is 4. The highest BCUT2D eigenvalue weighted by Gasteiger charge is 2.27. The molecular formula is C18H28F2N4O3. The van der Waals surface area contributed by atoms with Crippen LogP contribution in [0.15, 0.2) is 23.2 Å². The molecule has 1 aromatic rings. The normalized spacial score (nSPS) is 11.9. The number of aliphatic imine (C=N–C) groups is 1. The van der Waals surface area contributed by atoms with Crippen molar-refractivity contribution in [2.45, 2.75) is 33.9 Å². The lowest BCUT2D eigenvalue weighted by Crippen LogP contribution is -2.47. The second-order valence-electron chi connectivity index (χ2n) is 6.37. The van der Waals surface area contributed by atoms with Gasteiger partial charge in [0, 0.05) is 32.2 Å². The Kier molecular flexibility index (Phi) is 8.77. The standard InChI is InChI=1S/C18H28F2N4O3/c1-6-22-15(25)18(2,3)11-24-17(21-4)23-10-12-9-13(26-5)7-8-14(12)27-16(19)20/h7-9,16H,6,10-11H2,1-5H3,(H,22,25)(H2,21,23,24). The molecule has 0 saturated carbocycles. The van der Waals surface area contributed by atoms with Crippen molar-refractivity contribution in [3.63, 3.8) is 0 Å². The second-order valence-corrected chi connectivity index (χ2v) is 6.37. The minimum atomic E-state index is -2.92. The first kappa shape index (κ1) is 22.5. The van der Waals surface area contributed by atoms with Crippen LogP contribution in [-0.4, -0.2) is 45.7 Å². The van der Waals surface area contributed by atoms with E-state index in [0.717, 1.165) is 0 Å². The molecule has 0 atom stereocenters. The Balaban J connectivity index is 2.75. The van der Waals surface area contributed by atoms with Gasteiger partial charge in [-0.05, 0) is 39.0 Å². The van der Waals surface area contributed by atoms with Crippen LogP contribution < -0.4 is 25.4 Å². The summed E-state index contributed by atoms with van der Waals surface area (Å²) in [6, 6.07) is 4.58. The second kappa shape index (κ2) is 10.5. The van der Waals surface area contributed by atoms with Gasteiger partial charge in [-0.2, -0.15) is 8.78 Å². The van der Waals surface area contributed by atoms with Crippen molar-refractivity contribution in [3.8, 4) is 11.5 Å². The number of hydrogen-bond donors (Lipinski definition) is 3. The Morgan fingerprint density at radius 2 is 1.96 bits per heavy atom. The quantitative estimate of drug-likeness (QED) is 0.447. The van der Waals surface area contributed by atoms with E-state index < -0.39 is 12.0 Å². The molecule has 0 radical (unpaired) electrons. The fourth-order valence-electron chi connectivity index (χ4n) is 2.22. The van der Waals surface area contributed by atoms with Crippen LogP contribution in [0.3, 0.4) is 0 Å². The minimum Gasteiger partial charge on any atom is -0.497 e. The first-order valence-corrected chi connectivity index (χ1v) is 8.58. The number of carbonyl (C=O) groups excluding carboxylic acids is 1. The van der Waals surface area contributed by atoms with E-state index in [4.69, 9.17) is 4.74 Å². The van der Waals surface area contributed by atoms with Crippen LogP contribution in [0.5, 0.6) is 11.5 Å². The number of nitrogens with zero attached hydrogens (tertiary/aromatic N) is 1. The third kappa shape index (κ3) is 7.28. The number of benzene rings is 1. The molecule has 1 amide bonds. The van der Waals surface area contributed by atoms with Gasteiger partial charge in [0.1, 0.15) is 11.5 Å². The average molecular weight is 386 g/mol. The maximum atomic E-state index is 12.6.